The summed E-state index contributed by atoms with van der Waals surface area (Å²) in [6.07, 6.45) is 0. The van der Waals surface area contributed by atoms with Crippen LogP contribution in [0.2, 0.25) is 0 Å². The number of phenols is 1. The molecule has 0 bridgehead atoms. The molecule has 0 amide bonds. The topological polar surface area (TPSA) is 113 Å². The Morgan fingerprint density at radius 2 is 1.75 bits per heavy atom. The lowest BCUT2D eigenvalue weighted by Gasteiger charge is -2.07. The highest BCUT2D eigenvalue weighted by molar-refractivity contribution is 5.92. The average molecular weight is 386 g/mol. The van der Waals surface area contributed by atoms with Gasteiger partial charge in [0.2, 0.25) is 5.82 Å². The van der Waals surface area contributed by atoms with Gasteiger partial charge in [0.1, 0.15) is 28.6 Å². The number of hydrogen-bond acceptors (Lipinski definition) is 9. The molecule has 1 N–H and O–H groups in total. The van der Waals surface area contributed by atoms with Crippen LogP contribution in [-0.2, 0) is 11.3 Å². The van der Waals surface area contributed by atoms with Crippen molar-refractivity contribution in [3.8, 4) is 34.4 Å². The lowest BCUT2D eigenvalue weighted by atomic mass is 10.2. The van der Waals surface area contributed by atoms with E-state index in [1.807, 2.05) is 0 Å². The number of aromatic nitrogens is 2. The van der Waals surface area contributed by atoms with Crippen LogP contribution in [0.4, 0.5) is 0 Å². The standard InChI is InChI=1S/C19H18N2O7/c1-24-11-4-6-13(15(22)8-11)19(23)27-10-17-20-18(21-28-17)14-7-5-12(25-2)9-16(14)26-3/h4-9,22H,10H2,1-3H3. The Morgan fingerprint density at radius 3 is 2.43 bits per heavy atom. The summed E-state index contributed by atoms with van der Waals surface area (Å²) < 4.78 is 25.7. The maximum Gasteiger partial charge on any atom is 0.342 e. The molecule has 9 nitrogen and oxygen atoms in total. The smallest absolute Gasteiger partial charge is 0.342 e. The molecule has 0 atom stereocenters. The molecule has 3 rings (SSSR count). The number of esters is 1. The van der Waals surface area contributed by atoms with Gasteiger partial charge in [0.25, 0.3) is 5.89 Å². The van der Waals surface area contributed by atoms with Crippen LogP contribution in [0.25, 0.3) is 11.4 Å². The van der Waals surface area contributed by atoms with E-state index < -0.39 is 5.97 Å². The quantitative estimate of drug-likeness (QED) is 0.612. The summed E-state index contributed by atoms with van der Waals surface area (Å²) in [4.78, 5) is 16.3. The molecule has 0 radical (unpaired) electrons. The SMILES string of the molecule is COc1ccc(C(=O)OCc2nc(-c3ccc(OC)cc3OC)no2)c(O)c1. The van der Waals surface area contributed by atoms with Crippen LogP contribution in [-0.4, -0.2) is 42.5 Å². The van der Waals surface area contributed by atoms with E-state index in [9.17, 15) is 9.90 Å². The molecule has 0 aliphatic rings. The number of nitrogens with zero attached hydrogens (tertiary/aromatic N) is 2. The molecule has 0 fully saturated rings. The Kier molecular flexibility index (Phi) is 5.64. The highest BCUT2D eigenvalue weighted by atomic mass is 16.6. The van der Waals surface area contributed by atoms with Crippen molar-refractivity contribution in [2.75, 3.05) is 21.3 Å². The summed E-state index contributed by atoms with van der Waals surface area (Å²) in [6, 6.07) is 9.41. The normalized spacial score (nSPS) is 10.4. The van der Waals surface area contributed by atoms with Crippen LogP contribution in [0.15, 0.2) is 40.9 Å². The van der Waals surface area contributed by atoms with Gasteiger partial charge in [0, 0.05) is 12.1 Å². The number of rotatable bonds is 7. The zero-order chi connectivity index (χ0) is 20.1. The fourth-order valence-electron chi connectivity index (χ4n) is 2.42. The van der Waals surface area contributed by atoms with Gasteiger partial charge in [-0.25, -0.2) is 4.79 Å². The molecule has 28 heavy (non-hydrogen) atoms. The predicted octanol–water partition coefficient (Wildman–Crippen LogP) is 2.83. The monoisotopic (exact) mass is 386 g/mol. The Bertz CT molecular complexity index is 984. The molecule has 3 aromatic rings. The van der Waals surface area contributed by atoms with Crippen molar-refractivity contribution >= 4 is 5.97 Å². The zero-order valence-corrected chi connectivity index (χ0v) is 15.5. The zero-order valence-electron chi connectivity index (χ0n) is 15.5. The third-order valence-corrected chi connectivity index (χ3v) is 3.87. The van der Waals surface area contributed by atoms with E-state index in [0.29, 0.717) is 22.8 Å². The second-order valence-corrected chi connectivity index (χ2v) is 5.54. The molecule has 0 unspecified atom stereocenters. The van der Waals surface area contributed by atoms with Crippen molar-refractivity contribution in [2.24, 2.45) is 0 Å². The largest absolute Gasteiger partial charge is 0.507 e. The lowest BCUT2D eigenvalue weighted by Crippen LogP contribution is -2.06. The molecule has 146 valence electrons. The van der Waals surface area contributed by atoms with Crippen LogP contribution in [0.5, 0.6) is 23.0 Å². The van der Waals surface area contributed by atoms with Crippen LogP contribution >= 0.6 is 0 Å². The first-order chi connectivity index (χ1) is 13.5. The van der Waals surface area contributed by atoms with Crippen molar-refractivity contribution in [2.45, 2.75) is 6.61 Å². The van der Waals surface area contributed by atoms with E-state index in [4.69, 9.17) is 23.5 Å². The Balaban J connectivity index is 1.71. The number of carbonyl (C=O) groups is 1. The number of phenolic OH excluding ortho intramolecular Hbond substituents is 1. The van der Waals surface area contributed by atoms with Gasteiger partial charge in [0.15, 0.2) is 6.61 Å². The van der Waals surface area contributed by atoms with Gasteiger partial charge in [-0.2, -0.15) is 4.98 Å². The lowest BCUT2D eigenvalue weighted by molar-refractivity contribution is 0.0426. The first-order valence-corrected chi connectivity index (χ1v) is 8.14. The Morgan fingerprint density at radius 1 is 1.04 bits per heavy atom. The van der Waals surface area contributed by atoms with Gasteiger partial charge >= 0.3 is 5.97 Å². The number of ether oxygens (including phenoxy) is 4. The molecule has 1 aromatic heterocycles. The fourth-order valence-corrected chi connectivity index (χ4v) is 2.42. The summed E-state index contributed by atoms with van der Waals surface area (Å²) in [5.74, 6) is 0.931. The number of carbonyl (C=O) groups excluding carboxylic acids is 1. The van der Waals surface area contributed by atoms with Crippen molar-refractivity contribution < 1.29 is 33.4 Å². The van der Waals surface area contributed by atoms with Crippen LogP contribution in [0.3, 0.4) is 0 Å². The third-order valence-electron chi connectivity index (χ3n) is 3.87. The van der Waals surface area contributed by atoms with Crippen molar-refractivity contribution in [1.82, 2.24) is 10.1 Å². The maximum atomic E-state index is 12.1. The van der Waals surface area contributed by atoms with Crippen molar-refractivity contribution in [3.63, 3.8) is 0 Å². The minimum atomic E-state index is -0.734. The third kappa shape index (κ3) is 3.98. The van der Waals surface area contributed by atoms with E-state index in [1.165, 1.54) is 32.4 Å². The second-order valence-electron chi connectivity index (χ2n) is 5.54. The predicted molar refractivity (Wildman–Crippen MR) is 96.6 cm³/mol. The molecular formula is C19H18N2O7. The van der Waals surface area contributed by atoms with E-state index in [0.717, 1.165) is 0 Å². The molecule has 2 aromatic carbocycles. The van der Waals surface area contributed by atoms with Gasteiger partial charge in [-0.15, -0.1) is 0 Å². The molecule has 0 spiro atoms. The Labute approximate surface area is 160 Å². The Hall–Kier alpha value is -3.75. The van der Waals surface area contributed by atoms with Crippen LogP contribution < -0.4 is 14.2 Å². The van der Waals surface area contributed by atoms with E-state index in [-0.39, 0.29) is 29.6 Å². The first-order valence-electron chi connectivity index (χ1n) is 8.14. The summed E-state index contributed by atoms with van der Waals surface area (Å²) in [5, 5.41) is 13.8. The summed E-state index contributed by atoms with van der Waals surface area (Å²) in [5.41, 5.74) is 0.592. The highest BCUT2D eigenvalue weighted by Gasteiger charge is 2.18. The van der Waals surface area contributed by atoms with E-state index >= 15 is 0 Å². The van der Waals surface area contributed by atoms with Gasteiger partial charge < -0.3 is 28.6 Å². The summed E-state index contributed by atoms with van der Waals surface area (Å²) >= 11 is 0. The molecule has 0 aliphatic carbocycles. The molecule has 0 aliphatic heterocycles. The summed E-state index contributed by atoms with van der Waals surface area (Å²) in [6.45, 7) is -0.254. The number of benzene rings is 2. The van der Waals surface area contributed by atoms with Gasteiger partial charge in [-0.3, -0.25) is 0 Å². The van der Waals surface area contributed by atoms with Gasteiger partial charge in [0.05, 0.1) is 26.9 Å². The molecular weight excluding hydrogens is 368 g/mol. The van der Waals surface area contributed by atoms with E-state index in [2.05, 4.69) is 10.1 Å². The summed E-state index contributed by atoms with van der Waals surface area (Å²) in [7, 11) is 4.52. The number of aromatic hydroxyl groups is 1. The molecule has 1 heterocycles. The number of methoxy groups -OCH3 is 3. The van der Waals surface area contributed by atoms with Crippen molar-refractivity contribution in [3.05, 3.63) is 47.9 Å². The minimum Gasteiger partial charge on any atom is -0.507 e. The maximum absolute atomic E-state index is 12.1. The molecule has 9 heteroatoms. The molecule has 0 saturated heterocycles. The minimum absolute atomic E-state index is 0.00244. The first kappa shape index (κ1) is 19.0. The average Bonchev–Trinajstić information content (AvgIpc) is 3.20. The van der Waals surface area contributed by atoms with Crippen LogP contribution in [0.1, 0.15) is 16.2 Å². The second kappa shape index (κ2) is 8.30. The van der Waals surface area contributed by atoms with Gasteiger partial charge in [-0.1, -0.05) is 5.16 Å². The van der Waals surface area contributed by atoms with Crippen molar-refractivity contribution in [1.29, 1.82) is 0 Å². The molecule has 0 saturated carbocycles. The number of hydrogen-bond donors (Lipinski definition) is 1. The van der Waals surface area contributed by atoms with E-state index in [1.54, 1.807) is 25.3 Å². The van der Waals surface area contributed by atoms with Crippen LogP contribution in [0, 0.1) is 0 Å². The fraction of sp³-hybridized carbons (Fsp3) is 0.211. The highest BCUT2D eigenvalue weighted by Crippen LogP contribution is 2.31. The van der Waals surface area contributed by atoms with Gasteiger partial charge in [-0.05, 0) is 24.3 Å².